The summed E-state index contributed by atoms with van der Waals surface area (Å²) >= 11 is 3.54. The molecule has 0 spiro atoms. The summed E-state index contributed by atoms with van der Waals surface area (Å²) in [5.41, 5.74) is 7.02. The van der Waals surface area contributed by atoms with Crippen LogP contribution in [0.15, 0.2) is 28.7 Å². The van der Waals surface area contributed by atoms with Crippen molar-refractivity contribution in [3.63, 3.8) is 0 Å². The first-order valence-corrected chi connectivity index (χ1v) is 6.43. The van der Waals surface area contributed by atoms with E-state index in [1.807, 2.05) is 32.2 Å². The molecule has 0 fully saturated rings. The van der Waals surface area contributed by atoms with Gasteiger partial charge in [0.05, 0.1) is 12.0 Å². The highest BCUT2D eigenvalue weighted by Gasteiger charge is 2.19. The van der Waals surface area contributed by atoms with E-state index < -0.39 is 0 Å². The molecular formula is C13H18BrN3. The van der Waals surface area contributed by atoms with Crippen LogP contribution in [0, 0.1) is 17.2 Å². The monoisotopic (exact) mass is 295 g/mol. The van der Waals surface area contributed by atoms with Gasteiger partial charge in [-0.2, -0.15) is 5.26 Å². The number of nitrogens with two attached hydrogens (primary N) is 1. The lowest BCUT2D eigenvalue weighted by Gasteiger charge is -2.28. The van der Waals surface area contributed by atoms with Crippen molar-refractivity contribution in [1.82, 2.24) is 4.90 Å². The van der Waals surface area contributed by atoms with E-state index in [0.717, 1.165) is 11.0 Å². The minimum atomic E-state index is 0.0107. The summed E-state index contributed by atoms with van der Waals surface area (Å²) in [4.78, 5) is 2.13. The van der Waals surface area contributed by atoms with E-state index in [0.29, 0.717) is 6.54 Å². The lowest BCUT2D eigenvalue weighted by molar-refractivity contribution is 0.233. The summed E-state index contributed by atoms with van der Waals surface area (Å²) < 4.78 is 1.06. The number of halogens is 1. The van der Waals surface area contributed by atoms with Crippen molar-refractivity contribution in [2.24, 2.45) is 11.7 Å². The maximum Gasteiger partial charge on any atom is 0.0666 e. The van der Waals surface area contributed by atoms with Gasteiger partial charge in [-0.05, 0) is 25.6 Å². The molecule has 0 aliphatic carbocycles. The van der Waals surface area contributed by atoms with Crippen LogP contribution in [-0.2, 0) is 0 Å². The summed E-state index contributed by atoms with van der Waals surface area (Å²) in [6.45, 7) is 3.18. The zero-order chi connectivity index (χ0) is 12.8. The van der Waals surface area contributed by atoms with Crippen LogP contribution in [0.1, 0.15) is 18.5 Å². The van der Waals surface area contributed by atoms with E-state index in [2.05, 4.69) is 33.0 Å². The average molecular weight is 296 g/mol. The smallest absolute Gasteiger partial charge is 0.0666 e. The van der Waals surface area contributed by atoms with Gasteiger partial charge in [0.1, 0.15) is 0 Å². The highest BCUT2D eigenvalue weighted by molar-refractivity contribution is 9.10. The Balaban J connectivity index is 2.85. The van der Waals surface area contributed by atoms with Crippen molar-refractivity contribution in [3.05, 3.63) is 34.3 Å². The van der Waals surface area contributed by atoms with E-state index in [9.17, 15) is 0 Å². The Bertz CT molecular complexity index is 400. The summed E-state index contributed by atoms with van der Waals surface area (Å²) in [5.74, 6) is 0.0107. The van der Waals surface area contributed by atoms with Crippen molar-refractivity contribution < 1.29 is 0 Å². The quantitative estimate of drug-likeness (QED) is 0.908. The second kappa shape index (κ2) is 6.75. The largest absolute Gasteiger partial charge is 0.329 e. The topological polar surface area (TPSA) is 53.0 Å². The SMILES string of the molecule is CC(C#N)CN(C)C(CN)c1ccccc1Br. The number of hydrogen-bond acceptors (Lipinski definition) is 3. The van der Waals surface area contributed by atoms with Crippen LogP contribution < -0.4 is 5.73 Å². The zero-order valence-electron chi connectivity index (χ0n) is 10.2. The molecule has 2 N–H and O–H groups in total. The summed E-state index contributed by atoms with van der Waals surface area (Å²) in [7, 11) is 2.00. The van der Waals surface area contributed by atoms with Crippen LogP contribution in [0.5, 0.6) is 0 Å². The van der Waals surface area contributed by atoms with Crippen LogP contribution >= 0.6 is 15.9 Å². The molecule has 0 saturated heterocycles. The molecule has 17 heavy (non-hydrogen) atoms. The van der Waals surface area contributed by atoms with Crippen LogP contribution in [0.25, 0.3) is 0 Å². The third-order valence-corrected chi connectivity index (χ3v) is 3.52. The average Bonchev–Trinajstić information content (AvgIpc) is 2.32. The van der Waals surface area contributed by atoms with E-state index >= 15 is 0 Å². The fourth-order valence-electron chi connectivity index (χ4n) is 1.89. The molecule has 0 aliphatic heterocycles. The van der Waals surface area contributed by atoms with Gasteiger partial charge in [-0.25, -0.2) is 0 Å². The maximum atomic E-state index is 8.85. The molecule has 0 heterocycles. The normalized spacial score (nSPS) is 14.4. The van der Waals surface area contributed by atoms with Gasteiger partial charge in [0.2, 0.25) is 0 Å². The van der Waals surface area contributed by atoms with Crippen molar-refractivity contribution in [2.45, 2.75) is 13.0 Å². The third-order valence-electron chi connectivity index (χ3n) is 2.80. The summed E-state index contributed by atoms with van der Waals surface area (Å²) in [6, 6.07) is 10.5. The number of hydrogen-bond donors (Lipinski definition) is 1. The van der Waals surface area contributed by atoms with Gasteiger partial charge in [0, 0.05) is 23.6 Å². The molecule has 0 aromatic heterocycles. The van der Waals surface area contributed by atoms with Crippen molar-refractivity contribution in [1.29, 1.82) is 5.26 Å². The second-order valence-electron chi connectivity index (χ2n) is 4.24. The number of benzene rings is 1. The number of nitriles is 1. The van der Waals surface area contributed by atoms with Gasteiger partial charge in [-0.3, -0.25) is 4.90 Å². The lowest BCUT2D eigenvalue weighted by atomic mass is 10.0. The Morgan fingerprint density at radius 1 is 1.47 bits per heavy atom. The van der Waals surface area contributed by atoms with E-state index in [-0.39, 0.29) is 12.0 Å². The van der Waals surface area contributed by atoms with Gasteiger partial charge in [-0.1, -0.05) is 34.1 Å². The van der Waals surface area contributed by atoms with Crippen LogP contribution in [0.3, 0.4) is 0 Å². The molecule has 0 bridgehead atoms. The van der Waals surface area contributed by atoms with Gasteiger partial charge < -0.3 is 5.73 Å². The highest BCUT2D eigenvalue weighted by atomic mass is 79.9. The second-order valence-corrected chi connectivity index (χ2v) is 5.10. The van der Waals surface area contributed by atoms with Gasteiger partial charge in [0.25, 0.3) is 0 Å². The number of rotatable bonds is 5. The molecule has 1 aromatic carbocycles. The third kappa shape index (κ3) is 3.81. The fraction of sp³-hybridized carbons (Fsp3) is 0.462. The first-order valence-electron chi connectivity index (χ1n) is 5.64. The maximum absolute atomic E-state index is 8.85. The zero-order valence-corrected chi connectivity index (χ0v) is 11.8. The van der Waals surface area contributed by atoms with E-state index in [4.69, 9.17) is 11.0 Å². The van der Waals surface area contributed by atoms with Gasteiger partial charge in [0.15, 0.2) is 0 Å². The molecular weight excluding hydrogens is 278 g/mol. The molecule has 3 nitrogen and oxygen atoms in total. The molecule has 0 aliphatic rings. The molecule has 2 atom stereocenters. The number of likely N-dealkylation sites (N-methyl/N-ethyl adjacent to an activating group) is 1. The molecule has 0 saturated carbocycles. The predicted molar refractivity (Wildman–Crippen MR) is 73.3 cm³/mol. The molecule has 1 rings (SSSR count). The van der Waals surface area contributed by atoms with E-state index in [1.165, 1.54) is 5.56 Å². The Morgan fingerprint density at radius 2 is 2.12 bits per heavy atom. The van der Waals surface area contributed by atoms with Crippen molar-refractivity contribution >= 4 is 15.9 Å². The molecule has 0 radical (unpaired) electrons. The first-order chi connectivity index (χ1) is 8.10. The van der Waals surface area contributed by atoms with Crippen LogP contribution in [0.4, 0.5) is 0 Å². The Morgan fingerprint density at radius 3 is 2.65 bits per heavy atom. The Hall–Kier alpha value is -0.890. The molecule has 2 unspecified atom stereocenters. The minimum absolute atomic E-state index is 0.0107. The predicted octanol–water partition coefficient (Wildman–Crippen LogP) is 2.54. The minimum Gasteiger partial charge on any atom is -0.329 e. The Labute approximate surface area is 111 Å². The number of nitrogens with zero attached hydrogens (tertiary/aromatic N) is 2. The lowest BCUT2D eigenvalue weighted by Crippen LogP contribution is -2.33. The molecule has 0 amide bonds. The summed E-state index contributed by atoms with van der Waals surface area (Å²) in [6.07, 6.45) is 0. The summed E-state index contributed by atoms with van der Waals surface area (Å²) in [5, 5.41) is 8.85. The van der Waals surface area contributed by atoms with Gasteiger partial charge >= 0.3 is 0 Å². The fourth-order valence-corrected chi connectivity index (χ4v) is 2.44. The molecule has 92 valence electrons. The van der Waals surface area contributed by atoms with Gasteiger partial charge in [-0.15, -0.1) is 0 Å². The Kier molecular flexibility index (Phi) is 5.63. The highest BCUT2D eigenvalue weighted by Crippen LogP contribution is 2.26. The van der Waals surface area contributed by atoms with Crippen molar-refractivity contribution in [2.75, 3.05) is 20.1 Å². The molecule has 4 heteroatoms. The molecule has 1 aromatic rings. The van der Waals surface area contributed by atoms with Crippen molar-refractivity contribution in [3.8, 4) is 6.07 Å². The van der Waals surface area contributed by atoms with E-state index in [1.54, 1.807) is 0 Å². The van der Waals surface area contributed by atoms with Crippen LogP contribution in [0.2, 0.25) is 0 Å². The standard InChI is InChI=1S/C13H18BrN3/c1-10(7-15)9-17(2)13(8-16)11-5-3-4-6-12(11)14/h3-6,10,13H,8-9,16H2,1-2H3. The first kappa shape index (κ1) is 14.2. The van der Waals surface area contributed by atoms with Crippen LogP contribution in [-0.4, -0.2) is 25.0 Å².